The second kappa shape index (κ2) is 29.6. The number of rotatable bonds is 26. The fourth-order valence-electron chi connectivity index (χ4n) is 5.63. The van der Waals surface area contributed by atoms with Crippen molar-refractivity contribution in [3.05, 3.63) is 59.7 Å². The Morgan fingerprint density at radius 2 is 0.596 bits per heavy atom. The zero-order valence-electron chi connectivity index (χ0n) is 29.6. The molecule has 264 valence electrons. The van der Waals surface area contributed by atoms with Gasteiger partial charge in [0.2, 0.25) is 0 Å². The Bertz CT molecular complexity index is 1120. The van der Waals surface area contributed by atoms with Gasteiger partial charge in [-0.1, -0.05) is 167 Å². The molecule has 0 amide bonds. The van der Waals surface area contributed by atoms with Gasteiger partial charge in [-0.25, -0.2) is 16.8 Å². The van der Waals surface area contributed by atoms with Crippen LogP contribution in [0.4, 0.5) is 0 Å². The Kier molecular flexibility index (Phi) is 29.4. The molecule has 0 aliphatic heterocycles. The molecule has 6 nitrogen and oxygen atoms in total. The summed E-state index contributed by atoms with van der Waals surface area (Å²) in [5.41, 5.74) is 2.21. The second-order valence-corrected chi connectivity index (χ2v) is 15.5. The summed E-state index contributed by atoms with van der Waals surface area (Å²) in [6.45, 7) is 4.50. The Labute approximate surface area is 329 Å². The van der Waals surface area contributed by atoms with Crippen molar-refractivity contribution in [1.82, 2.24) is 0 Å². The monoisotopic (exact) mass is 816 g/mol. The fraction of sp³-hybridized carbons (Fsp3) is 0.684. The Hall–Kier alpha value is -0.169. The van der Waals surface area contributed by atoms with Crippen LogP contribution in [0, 0.1) is 0 Å². The van der Waals surface area contributed by atoms with Crippen LogP contribution in [0.15, 0.2) is 58.3 Å². The van der Waals surface area contributed by atoms with Crippen molar-refractivity contribution in [3.8, 4) is 0 Å². The molecule has 0 N–H and O–H groups in total. The smallest absolute Gasteiger partial charge is 0.744 e. The van der Waals surface area contributed by atoms with Crippen molar-refractivity contribution >= 4 is 69.1 Å². The van der Waals surface area contributed by atoms with E-state index in [1.54, 1.807) is 24.3 Å². The van der Waals surface area contributed by atoms with Crippen LogP contribution < -0.4 is 0 Å². The molecule has 0 radical (unpaired) electrons. The van der Waals surface area contributed by atoms with Crippen molar-refractivity contribution in [2.75, 3.05) is 0 Å². The van der Waals surface area contributed by atoms with Crippen molar-refractivity contribution < 1.29 is 25.9 Å². The minimum atomic E-state index is -4.32. The molecular formula is C38H62BaO6S2. The summed E-state index contributed by atoms with van der Waals surface area (Å²) in [6, 6.07) is 12.7. The largest absolute Gasteiger partial charge is 2.00 e. The molecule has 2 rings (SSSR count). The molecule has 2 aromatic carbocycles. The minimum absolute atomic E-state index is 0. The fourth-order valence-corrected chi connectivity index (χ4v) is 6.57. The molecule has 0 atom stereocenters. The molecular weight excluding hydrogens is 754 g/mol. The molecule has 9 heteroatoms. The number of benzene rings is 2. The quantitative estimate of drug-likeness (QED) is 0.0531. The van der Waals surface area contributed by atoms with E-state index in [4.69, 9.17) is 0 Å². The molecule has 0 saturated carbocycles. The molecule has 0 aromatic heterocycles. The number of aryl methyl sites for hydroxylation is 2. The van der Waals surface area contributed by atoms with Crippen molar-refractivity contribution in [2.45, 2.75) is 178 Å². The zero-order chi connectivity index (χ0) is 33.9. The Morgan fingerprint density at radius 3 is 0.809 bits per heavy atom. The third-order valence-electron chi connectivity index (χ3n) is 8.56. The first-order chi connectivity index (χ1) is 22.1. The van der Waals surface area contributed by atoms with E-state index in [0.717, 1.165) is 36.8 Å². The average molecular weight is 816 g/mol. The predicted molar refractivity (Wildman–Crippen MR) is 195 cm³/mol. The third-order valence-corrected chi connectivity index (χ3v) is 10.3. The Morgan fingerprint density at radius 1 is 0.383 bits per heavy atom. The molecule has 0 aliphatic rings. The maximum absolute atomic E-state index is 10.8. The van der Waals surface area contributed by atoms with Crippen LogP contribution >= 0.6 is 0 Å². The maximum Gasteiger partial charge on any atom is 2.00 e. The molecule has 0 unspecified atom stereocenters. The first-order valence-corrected chi connectivity index (χ1v) is 21.0. The first-order valence-electron chi connectivity index (χ1n) is 18.2. The van der Waals surface area contributed by atoms with Crippen molar-refractivity contribution in [3.63, 3.8) is 0 Å². The van der Waals surface area contributed by atoms with E-state index in [2.05, 4.69) is 13.8 Å². The van der Waals surface area contributed by atoms with E-state index in [-0.39, 0.29) is 58.7 Å². The van der Waals surface area contributed by atoms with Gasteiger partial charge in [-0.3, -0.25) is 0 Å². The first kappa shape index (κ1) is 46.8. The molecule has 0 spiro atoms. The number of hydrogen-bond donors (Lipinski definition) is 0. The Balaban J connectivity index is 0.000000882. The maximum atomic E-state index is 10.8. The van der Waals surface area contributed by atoms with Gasteiger partial charge in [0.25, 0.3) is 0 Å². The van der Waals surface area contributed by atoms with Gasteiger partial charge in [-0.15, -0.1) is 0 Å². The van der Waals surface area contributed by atoms with Gasteiger partial charge in [0.05, 0.1) is 9.79 Å². The van der Waals surface area contributed by atoms with Crippen LogP contribution in [0.25, 0.3) is 0 Å². The standard InChI is InChI=1S/2C19H32O3S.Ba/c2*1-2-3-4-5-6-7-8-9-10-11-12-13-18-14-16-19(17-15-18)23(20,21)22;/h2*14-17H,2-13H2,1H3,(H,20,21,22);/q;;+2/p-2. The van der Waals surface area contributed by atoms with Crippen LogP contribution in [-0.4, -0.2) is 74.8 Å². The van der Waals surface area contributed by atoms with Gasteiger partial charge in [0, 0.05) is 0 Å². The number of hydrogen-bond acceptors (Lipinski definition) is 6. The SMILES string of the molecule is CCCCCCCCCCCCCc1ccc(S(=O)(=O)[O-])cc1.CCCCCCCCCCCCCc1ccc(S(=O)(=O)[O-])cc1.[Ba+2]. The summed E-state index contributed by atoms with van der Waals surface area (Å²) in [5.74, 6) is 0. The van der Waals surface area contributed by atoms with Crippen molar-refractivity contribution in [1.29, 1.82) is 0 Å². The van der Waals surface area contributed by atoms with Crippen LogP contribution in [-0.2, 0) is 33.1 Å². The van der Waals surface area contributed by atoms with Gasteiger partial charge in [0.1, 0.15) is 20.2 Å². The molecule has 0 saturated heterocycles. The summed E-state index contributed by atoms with van der Waals surface area (Å²) >= 11 is 0. The van der Waals surface area contributed by atoms with Crippen molar-refractivity contribution in [2.24, 2.45) is 0 Å². The van der Waals surface area contributed by atoms with E-state index in [1.807, 2.05) is 0 Å². The summed E-state index contributed by atoms with van der Waals surface area (Å²) in [5, 5.41) is 0. The summed E-state index contributed by atoms with van der Waals surface area (Å²) in [4.78, 5) is -0.277. The van der Waals surface area contributed by atoms with Crippen LogP contribution in [0.3, 0.4) is 0 Å². The average Bonchev–Trinajstić information content (AvgIpc) is 3.02. The van der Waals surface area contributed by atoms with Crippen LogP contribution in [0.2, 0.25) is 0 Å². The normalized spacial score (nSPS) is 11.5. The second-order valence-electron chi connectivity index (χ2n) is 12.8. The molecule has 47 heavy (non-hydrogen) atoms. The van der Waals surface area contributed by atoms with Crippen LogP contribution in [0.5, 0.6) is 0 Å². The molecule has 0 heterocycles. The molecule has 2 aromatic rings. The van der Waals surface area contributed by atoms with E-state index < -0.39 is 20.2 Å². The van der Waals surface area contributed by atoms with Gasteiger partial charge in [-0.05, 0) is 61.1 Å². The topological polar surface area (TPSA) is 114 Å². The van der Waals surface area contributed by atoms with E-state index in [9.17, 15) is 25.9 Å². The van der Waals surface area contributed by atoms with Crippen LogP contribution in [0.1, 0.15) is 166 Å². The van der Waals surface area contributed by atoms with E-state index in [0.29, 0.717) is 0 Å². The molecule has 0 aliphatic carbocycles. The zero-order valence-corrected chi connectivity index (χ0v) is 35.6. The molecule has 0 bridgehead atoms. The summed E-state index contributed by atoms with van der Waals surface area (Å²) < 4.78 is 65.1. The summed E-state index contributed by atoms with van der Waals surface area (Å²) in [6.07, 6.45) is 31.0. The van der Waals surface area contributed by atoms with Gasteiger partial charge in [-0.2, -0.15) is 0 Å². The van der Waals surface area contributed by atoms with E-state index >= 15 is 0 Å². The van der Waals surface area contributed by atoms with Gasteiger partial charge in [0.15, 0.2) is 0 Å². The number of unbranched alkanes of at least 4 members (excludes halogenated alkanes) is 20. The molecule has 0 fully saturated rings. The minimum Gasteiger partial charge on any atom is -0.744 e. The van der Waals surface area contributed by atoms with Gasteiger partial charge >= 0.3 is 48.9 Å². The third kappa shape index (κ3) is 26.3. The summed E-state index contributed by atoms with van der Waals surface area (Å²) in [7, 11) is -8.63. The van der Waals surface area contributed by atoms with E-state index in [1.165, 1.54) is 153 Å². The predicted octanol–water partition coefficient (Wildman–Crippen LogP) is 10.5. The van der Waals surface area contributed by atoms with Gasteiger partial charge < -0.3 is 9.11 Å².